The van der Waals surface area contributed by atoms with Gasteiger partial charge in [0, 0.05) is 50.8 Å². The number of carbonyl (C=O) groups excluding carboxylic acids is 5. The predicted octanol–water partition coefficient (Wildman–Crippen LogP) is 5.05. The Morgan fingerprint density at radius 2 is 1.71 bits per heavy atom. The molecule has 5 aliphatic rings. The maximum atomic E-state index is 14.0. The number of hydrogen-bond acceptors (Lipinski definition) is 12. The number of carboxylic acid groups (broad SMARTS) is 1. The molecule has 0 bridgehead atoms. The zero-order chi connectivity index (χ0) is 47.7. The number of Topliss-reactive ketones (excluding diaryl/α,β-unsaturated/α-hetero) is 1. The van der Waals surface area contributed by atoms with E-state index in [2.05, 4.69) is 72.0 Å². The maximum Gasteiger partial charge on any atom is 0.304 e. The van der Waals surface area contributed by atoms with Crippen LogP contribution in [0.15, 0.2) is 93.8 Å². The molecule has 4 amide bonds. The average Bonchev–Trinajstić information content (AvgIpc) is 3.78. The highest BCUT2D eigenvalue weighted by Crippen LogP contribution is 2.70. The zero-order valence-electron chi connectivity index (χ0n) is 37.7. The van der Waals surface area contributed by atoms with Crippen LogP contribution in [-0.2, 0) is 38.2 Å². The van der Waals surface area contributed by atoms with Crippen LogP contribution in [0.5, 0.6) is 0 Å². The molecule has 2 aromatic carbocycles. The Kier molecular flexibility index (Phi) is 14.8. The Morgan fingerprint density at radius 3 is 2.41 bits per heavy atom. The summed E-state index contributed by atoms with van der Waals surface area (Å²) in [6.45, 7) is 8.52. The zero-order valence-corrected chi connectivity index (χ0v) is 39.5. The van der Waals surface area contributed by atoms with Gasteiger partial charge in [-0.05, 0) is 94.2 Å². The summed E-state index contributed by atoms with van der Waals surface area (Å²) in [6, 6.07) is 12.9. The number of hydrogen-bond donors (Lipinski definition) is 8. The van der Waals surface area contributed by atoms with E-state index >= 15 is 0 Å². The second-order valence-corrected chi connectivity index (χ2v) is 20.4. The highest BCUT2D eigenvalue weighted by molar-refractivity contribution is 7.99. The number of aliphatic hydroxyl groups is 2. The van der Waals surface area contributed by atoms with Gasteiger partial charge in [0.1, 0.15) is 18.7 Å². The monoisotopic (exact) mass is 944 g/mol. The molecule has 0 radical (unpaired) electrons. The molecule has 4 fully saturated rings. The third-order valence-corrected chi connectivity index (χ3v) is 15.9. The third-order valence-electron chi connectivity index (χ3n) is 14.5. The first-order chi connectivity index (χ1) is 31.3. The molecule has 3 saturated carbocycles. The van der Waals surface area contributed by atoms with Gasteiger partial charge in [0.25, 0.3) is 0 Å². The van der Waals surface area contributed by atoms with Crippen molar-refractivity contribution in [2.75, 3.05) is 18.5 Å². The number of thiol groups is 1. The van der Waals surface area contributed by atoms with Gasteiger partial charge >= 0.3 is 5.97 Å². The fourth-order valence-corrected chi connectivity index (χ4v) is 12.4. The number of amides is 4. The van der Waals surface area contributed by atoms with Crippen molar-refractivity contribution in [1.82, 2.24) is 16.0 Å². The van der Waals surface area contributed by atoms with Crippen molar-refractivity contribution in [2.24, 2.45) is 28.6 Å². The fraction of sp³-hybridized carbons (Fsp3) is 0.510. The van der Waals surface area contributed by atoms with Crippen LogP contribution in [0, 0.1) is 28.6 Å². The normalized spacial score (nSPS) is 31.5. The molecular formula is C49H60N4O11S2. The molecule has 1 saturated heterocycles. The molecule has 4 aliphatic carbocycles. The van der Waals surface area contributed by atoms with Gasteiger partial charge in [-0.25, -0.2) is 0 Å². The van der Waals surface area contributed by atoms with Crippen LogP contribution >= 0.6 is 24.4 Å². The molecule has 12 atom stereocenters. The van der Waals surface area contributed by atoms with Crippen molar-refractivity contribution in [3.8, 4) is 0 Å². The highest BCUT2D eigenvalue weighted by atomic mass is 32.2. The molecule has 2 aromatic rings. The predicted molar refractivity (Wildman–Crippen MR) is 249 cm³/mol. The molecule has 66 heavy (non-hydrogen) atoms. The van der Waals surface area contributed by atoms with Gasteiger partial charge in [-0.15, -0.1) is 0 Å². The molecule has 0 spiro atoms. The van der Waals surface area contributed by atoms with Crippen LogP contribution in [0.25, 0.3) is 0 Å². The van der Waals surface area contributed by atoms with Gasteiger partial charge in [-0.2, -0.15) is 12.6 Å². The second-order valence-electron chi connectivity index (χ2n) is 18.6. The second kappa shape index (κ2) is 19.8. The number of allylic oxidation sites excluding steroid dienone is 6. The Labute approximate surface area is 394 Å². The van der Waals surface area contributed by atoms with Crippen LogP contribution in [0.3, 0.4) is 0 Å². The third kappa shape index (κ3) is 9.52. The number of nitrogens with one attached hydrogen (secondary N) is 4. The molecule has 354 valence electrons. The van der Waals surface area contributed by atoms with Gasteiger partial charge in [0.05, 0.1) is 23.9 Å². The van der Waals surface area contributed by atoms with Crippen molar-refractivity contribution in [2.45, 2.75) is 124 Å². The first-order valence-electron chi connectivity index (χ1n) is 22.5. The Hall–Kier alpha value is -4.78. The summed E-state index contributed by atoms with van der Waals surface area (Å²) in [4.78, 5) is 76.6. The molecular weight excluding hydrogens is 885 g/mol. The number of aliphatic hydroxyl groups excluding tert-OH is 2. The SMILES string of the molecule is C/C=C1\C=C[C@@]2(C)C(=C1)CC[C@@H]1C2[C@@H](O)C[C@@]2(C)C1C[C@H]1O[C@@H](c3ccc(Sc4cccc(NC(=O)[C@H](C)NC(=O)[C@H](C)NC(=O)CCNC(=O)C(S)CC(=O)O)c4)cc3)O[C@]12C(=O)CO. The van der Waals surface area contributed by atoms with Gasteiger partial charge in [-0.1, -0.05) is 73.7 Å². The van der Waals surface area contributed by atoms with E-state index < -0.39 is 95.3 Å². The van der Waals surface area contributed by atoms with Crippen LogP contribution in [0.2, 0.25) is 0 Å². The smallest absolute Gasteiger partial charge is 0.304 e. The summed E-state index contributed by atoms with van der Waals surface area (Å²) < 4.78 is 13.5. The average molecular weight is 945 g/mol. The number of ketones is 1. The molecule has 7 rings (SSSR count). The Morgan fingerprint density at radius 1 is 0.985 bits per heavy atom. The minimum absolute atomic E-state index is 0.0127. The van der Waals surface area contributed by atoms with Gasteiger partial charge in [0.2, 0.25) is 23.6 Å². The number of aliphatic carboxylic acids is 1. The van der Waals surface area contributed by atoms with Crippen LogP contribution in [-0.4, -0.2) is 99.0 Å². The van der Waals surface area contributed by atoms with Crippen molar-refractivity contribution < 1.29 is 53.6 Å². The summed E-state index contributed by atoms with van der Waals surface area (Å²) in [5, 5.41) is 40.5. The summed E-state index contributed by atoms with van der Waals surface area (Å²) in [5.74, 6) is -3.65. The van der Waals surface area contributed by atoms with Gasteiger partial charge < -0.3 is 46.1 Å². The molecule has 15 nitrogen and oxygen atoms in total. The van der Waals surface area contributed by atoms with E-state index in [1.54, 1.807) is 18.2 Å². The summed E-state index contributed by atoms with van der Waals surface area (Å²) in [6.07, 6.45) is 8.78. The maximum absolute atomic E-state index is 14.0. The van der Waals surface area contributed by atoms with E-state index in [1.165, 1.54) is 36.8 Å². The lowest BCUT2D eigenvalue weighted by Gasteiger charge is -2.59. The fourth-order valence-electron chi connectivity index (χ4n) is 11.2. The first-order valence-corrected chi connectivity index (χ1v) is 23.8. The van der Waals surface area contributed by atoms with Crippen molar-refractivity contribution in [1.29, 1.82) is 0 Å². The van der Waals surface area contributed by atoms with Crippen molar-refractivity contribution >= 4 is 65.5 Å². The lowest BCUT2D eigenvalue weighted by molar-refractivity contribution is -0.201. The summed E-state index contributed by atoms with van der Waals surface area (Å²) in [5.41, 5.74) is 1.26. The van der Waals surface area contributed by atoms with Crippen LogP contribution in [0.1, 0.15) is 85.0 Å². The van der Waals surface area contributed by atoms with Crippen LogP contribution in [0.4, 0.5) is 5.69 Å². The molecule has 7 N–H and O–H groups in total. The lowest BCUT2D eigenvalue weighted by atomic mass is 9.46. The van der Waals surface area contributed by atoms with Gasteiger partial charge in [0.15, 0.2) is 17.7 Å². The largest absolute Gasteiger partial charge is 0.481 e. The lowest BCUT2D eigenvalue weighted by Crippen LogP contribution is -2.63. The van der Waals surface area contributed by atoms with E-state index in [9.17, 15) is 39.0 Å². The number of ether oxygens (including phenoxy) is 2. The van der Waals surface area contributed by atoms with E-state index in [1.807, 2.05) is 37.3 Å². The molecule has 17 heteroatoms. The van der Waals surface area contributed by atoms with E-state index in [4.69, 9.17) is 14.6 Å². The summed E-state index contributed by atoms with van der Waals surface area (Å²) in [7, 11) is 0. The minimum atomic E-state index is -1.42. The van der Waals surface area contributed by atoms with E-state index in [-0.39, 0.29) is 36.1 Å². The molecule has 1 heterocycles. The minimum Gasteiger partial charge on any atom is -0.481 e. The Balaban J connectivity index is 0.930. The number of carboxylic acids is 1. The van der Waals surface area contributed by atoms with E-state index in [0.29, 0.717) is 18.5 Å². The van der Waals surface area contributed by atoms with Gasteiger partial charge in [-0.3, -0.25) is 28.8 Å². The van der Waals surface area contributed by atoms with E-state index in [0.717, 1.165) is 28.2 Å². The standard InChI is InChI=1S/C49H60N4O11S2/c1-6-28-16-18-47(4)30(20-28)12-15-34-35-22-39-49(38(56)25-54,48(35,5)24-36(55)42(34)47)64-46(63-39)29-10-13-32(14-11-29)66-33-9-7-8-31(21-33)53-44(61)27(3)52-43(60)26(2)51-40(57)17-19-50-45(62)37(65)23-41(58)59/h6-11,13-14,16,18,20-21,26-27,34-37,39,42,46,54-55,65H,12,15,17,19,22-25H2,1-5H3,(H,50,62)(H,51,57)(H,52,60)(H,53,61)(H,58,59)/b28-6+/t26-,27-,34-,35?,36-,37?,39+,42?,46+,47-,48-,49+/m0/s1. The number of fused-ring (bicyclic) bond motifs is 7. The van der Waals surface area contributed by atoms with Crippen molar-refractivity contribution in [3.05, 3.63) is 89.5 Å². The number of carbonyl (C=O) groups is 6. The number of rotatable bonds is 16. The molecule has 1 aliphatic heterocycles. The van der Waals surface area contributed by atoms with Crippen molar-refractivity contribution in [3.63, 3.8) is 0 Å². The highest BCUT2D eigenvalue weighted by Gasteiger charge is 2.75. The Bertz CT molecular complexity index is 2340. The molecule has 3 unspecified atom stereocenters. The topological polar surface area (TPSA) is 230 Å². The molecule has 0 aromatic heterocycles. The first kappa shape index (κ1) is 49.1. The quantitative estimate of drug-likeness (QED) is 0.104. The van der Waals surface area contributed by atoms with Crippen LogP contribution < -0.4 is 21.3 Å². The number of benzene rings is 2. The number of anilines is 1. The summed E-state index contributed by atoms with van der Waals surface area (Å²) >= 11 is 5.39.